The van der Waals surface area contributed by atoms with Crippen molar-refractivity contribution in [2.75, 3.05) is 31.1 Å². The summed E-state index contributed by atoms with van der Waals surface area (Å²) < 4.78 is 0. The van der Waals surface area contributed by atoms with Crippen LogP contribution in [0.1, 0.15) is 18.4 Å². The summed E-state index contributed by atoms with van der Waals surface area (Å²) in [5, 5.41) is 20.4. The molecule has 1 N–H and O–H groups in total. The molecule has 0 spiro atoms. The number of anilines is 1. The average molecular weight is 277 g/mol. The van der Waals surface area contributed by atoms with Gasteiger partial charge >= 0.3 is 0 Å². The fourth-order valence-corrected chi connectivity index (χ4v) is 3.29. The molecule has 1 unspecified atom stereocenters. The Morgan fingerprint density at radius 1 is 1.35 bits per heavy atom. The largest absolute Gasteiger partial charge is 0.392 e. The first-order chi connectivity index (χ1) is 9.69. The Labute approximate surface area is 117 Å². The lowest BCUT2D eigenvalue weighted by Gasteiger charge is -2.38. The number of aliphatic hydroxyl groups is 1. The number of nitro benzene ring substituents is 1. The molecule has 1 aromatic carbocycles. The van der Waals surface area contributed by atoms with Crippen LogP contribution in [0.2, 0.25) is 0 Å². The van der Waals surface area contributed by atoms with Gasteiger partial charge in [0.25, 0.3) is 5.69 Å². The maximum absolute atomic E-state index is 11.2. The third-order valence-electron chi connectivity index (χ3n) is 4.35. The van der Waals surface area contributed by atoms with Gasteiger partial charge < -0.3 is 10.0 Å². The molecule has 0 bridgehead atoms. The van der Waals surface area contributed by atoms with Gasteiger partial charge in [-0.2, -0.15) is 0 Å². The molecule has 3 rings (SSSR count). The van der Waals surface area contributed by atoms with Crippen LogP contribution < -0.4 is 4.90 Å². The van der Waals surface area contributed by atoms with E-state index in [0.717, 1.165) is 26.2 Å². The SMILES string of the molecule is O=[N+]([O-])c1cc(CO)ccc1N1CCN2CCCC2C1. The second-order valence-corrected chi connectivity index (χ2v) is 5.52. The van der Waals surface area contributed by atoms with Gasteiger partial charge in [0.2, 0.25) is 0 Å². The lowest BCUT2D eigenvalue weighted by atomic mass is 10.1. The van der Waals surface area contributed by atoms with E-state index in [1.807, 2.05) is 0 Å². The van der Waals surface area contributed by atoms with Crippen molar-refractivity contribution in [3.8, 4) is 0 Å². The molecule has 108 valence electrons. The van der Waals surface area contributed by atoms with Crippen LogP contribution >= 0.6 is 0 Å². The minimum absolute atomic E-state index is 0.1000. The number of hydrogen-bond donors (Lipinski definition) is 1. The van der Waals surface area contributed by atoms with Gasteiger partial charge in [0.05, 0.1) is 11.5 Å². The molecule has 2 aliphatic heterocycles. The molecule has 2 saturated heterocycles. The highest BCUT2D eigenvalue weighted by Gasteiger charge is 2.32. The summed E-state index contributed by atoms with van der Waals surface area (Å²) in [5.74, 6) is 0. The summed E-state index contributed by atoms with van der Waals surface area (Å²) in [7, 11) is 0. The van der Waals surface area contributed by atoms with Crippen molar-refractivity contribution >= 4 is 11.4 Å². The summed E-state index contributed by atoms with van der Waals surface area (Å²) in [5.41, 5.74) is 1.36. The zero-order valence-corrected chi connectivity index (χ0v) is 11.4. The first-order valence-corrected chi connectivity index (χ1v) is 7.06. The van der Waals surface area contributed by atoms with E-state index in [1.165, 1.54) is 18.9 Å². The fraction of sp³-hybridized carbons (Fsp3) is 0.571. The predicted octanol–water partition coefficient (Wildman–Crippen LogP) is 1.37. The summed E-state index contributed by atoms with van der Waals surface area (Å²) in [6.45, 7) is 3.65. The second-order valence-electron chi connectivity index (χ2n) is 5.52. The topological polar surface area (TPSA) is 69.8 Å². The molecule has 0 amide bonds. The molecular formula is C14H19N3O3. The monoisotopic (exact) mass is 277 g/mol. The average Bonchev–Trinajstić information content (AvgIpc) is 2.93. The van der Waals surface area contributed by atoms with Crippen molar-refractivity contribution in [1.29, 1.82) is 0 Å². The maximum Gasteiger partial charge on any atom is 0.292 e. The van der Waals surface area contributed by atoms with E-state index in [-0.39, 0.29) is 17.2 Å². The first-order valence-electron chi connectivity index (χ1n) is 7.06. The Hall–Kier alpha value is -1.66. The van der Waals surface area contributed by atoms with Gasteiger partial charge in [-0.3, -0.25) is 15.0 Å². The molecule has 0 aliphatic carbocycles. The van der Waals surface area contributed by atoms with Gasteiger partial charge in [-0.05, 0) is 31.0 Å². The van der Waals surface area contributed by atoms with Crippen LogP contribution in [-0.4, -0.2) is 47.2 Å². The molecular weight excluding hydrogens is 258 g/mol. The van der Waals surface area contributed by atoms with Crippen molar-refractivity contribution in [2.45, 2.75) is 25.5 Å². The Bertz CT molecular complexity index is 520. The molecule has 0 radical (unpaired) electrons. The quantitative estimate of drug-likeness (QED) is 0.667. The second kappa shape index (κ2) is 5.38. The van der Waals surface area contributed by atoms with E-state index in [2.05, 4.69) is 9.80 Å². The lowest BCUT2D eigenvalue weighted by molar-refractivity contribution is -0.384. The number of fused-ring (bicyclic) bond motifs is 1. The molecule has 2 aliphatic rings. The zero-order valence-electron chi connectivity index (χ0n) is 11.4. The molecule has 20 heavy (non-hydrogen) atoms. The van der Waals surface area contributed by atoms with Gasteiger partial charge in [-0.25, -0.2) is 0 Å². The van der Waals surface area contributed by atoms with Crippen LogP contribution in [0.5, 0.6) is 0 Å². The maximum atomic E-state index is 11.2. The standard InChI is InChI=1S/C14H19N3O3/c18-10-11-3-4-13(14(8-11)17(19)20)16-7-6-15-5-1-2-12(15)9-16/h3-4,8,12,18H,1-2,5-7,9-10H2. The van der Waals surface area contributed by atoms with E-state index < -0.39 is 0 Å². The van der Waals surface area contributed by atoms with E-state index in [4.69, 9.17) is 5.11 Å². The number of piperazine rings is 1. The van der Waals surface area contributed by atoms with E-state index in [0.29, 0.717) is 17.3 Å². The molecule has 2 fully saturated rings. The number of aliphatic hydroxyl groups excluding tert-OH is 1. The van der Waals surface area contributed by atoms with Crippen molar-refractivity contribution in [1.82, 2.24) is 4.90 Å². The highest BCUT2D eigenvalue weighted by Crippen LogP contribution is 2.32. The Kier molecular flexibility index (Phi) is 3.58. The molecule has 1 atom stereocenters. The van der Waals surface area contributed by atoms with Crippen molar-refractivity contribution in [3.63, 3.8) is 0 Å². The van der Waals surface area contributed by atoms with Gasteiger partial charge in [0, 0.05) is 31.7 Å². The molecule has 6 nitrogen and oxygen atoms in total. The van der Waals surface area contributed by atoms with E-state index in [1.54, 1.807) is 12.1 Å². The molecule has 2 heterocycles. The number of nitrogens with zero attached hydrogens (tertiary/aromatic N) is 3. The van der Waals surface area contributed by atoms with Crippen LogP contribution in [0.4, 0.5) is 11.4 Å². The molecule has 1 aromatic rings. The van der Waals surface area contributed by atoms with Gasteiger partial charge in [-0.1, -0.05) is 6.07 Å². The summed E-state index contributed by atoms with van der Waals surface area (Å²) in [6, 6.07) is 5.55. The first kappa shape index (κ1) is 13.3. The molecule has 0 aromatic heterocycles. The Morgan fingerprint density at radius 3 is 2.95 bits per heavy atom. The van der Waals surface area contributed by atoms with Crippen molar-refractivity contribution in [2.24, 2.45) is 0 Å². The highest BCUT2D eigenvalue weighted by atomic mass is 16.6. The van der Waals surface area contributed by atoms with E-state index in [9.17, 15) is 10.1 Å². The number of benzene rings is 1. The number of rotatable bonds is 3. The third-order valence-corrected chi connectivity index (χ3v) is 4.35. The highest BCUT2D eigenvalue weighted by molar-refractivity contribution is 5.64. The molecule has 6 heteroatoms. The van der Waals surface area contributed by atoms with Gasteiger partial charge in [-0.15, -0.1) is 0 Å². The number of nitro groups is 1. The van der Waals surface area contributed by atoms with Crippen molar-refractivity contribution < 1.29 is 10.0 Å². The summed E-state index contributed by atoms with van der Waals surface area (Å²) in [6.07, 6.45) is 2.41. The normalized spacial score (nSPS) is 22.9. The Morgan fingerprint density at radius 2 is 2.20 bits per heavy atom. The minimum atomic E-state index is -0.352. The smallest absolute Gasteiger partial charge is 0.292 e. The van der Waals surface area contributed by atoms with Crippen LogP contribution in [-0.2, 0) is 6.61 Å². The summed E-state index contributed by atoms with van der Waals surface area (Å²) in [4.78, 5) is 15.5. The Balaban J connectivity index is 1.87. The van der Waals surface area contributed by atoms with Gasteiger partial charge in [0.15, 0.2) is 0 Å². The van der Waals surface area contributed by atoms with Crippen LogP contribution in [0.25, 0.3) is 0 Å². The van der Waals surface area contributed by atoms with Crippen molar-refractivity contribution in [3.05, 3.63) is 33.9 Å². The van der Waals surface area contributed by atoms with Crippen LogP contribution in [0.15, 0.2) is 18.2 Å². The summed E-state index contributed by atoms with van der Waals surface area (Å²) >= 11 is 0. The van der Waals surface area contributed by atoms with E-state index >= 15 is 0 Å². The third kappa shape index (κ3) is 2.36. The molecule has 0 saturated carbocycles. The van der Waals surface area contributed by atoms with Crippen LogP contribution in [0.3, 0.4) is 0 Å². The van der Waals surface area contributed by atoms with Gasteiger partial charge in [0.1, 0.15) is 5.69 Å². The van der Waals surface area contributed by atoms with Crippen LogP contribution in [0, 0.1) is 10.1 Å². The predicted molar refractivity (Wildman–Crippen MR) is 75.8 cm³/mol. The zero-order chi connectivity index (χ0) is 14.1. The number of hydrogen-bond acceptors (Lipinski definition) is 5. The minimum Gasteiger partial charge on any atom is -0.392 e. The fourth-order valence-electron chi connectivity index (χ4n) is 3.29. The lowest BCUT2D eigenvalue weighted by Crippen LogP contribution is -2.50.